The molecule has 0 aromatic carbocycles. The summed E-state index contributed by atoms with van der Waals surface area (Å²) in [4.78, 5) is 9.23. The lowest BCUT2D eigenvalue weighted by atomic mass is 10.1. The Labute approximate surface area is 152 Å². The van der Waals surface area contributed by atoms with Crippen LogP contribution in [0.25, 0.3) is 22.3 Å². The highest BCUT2D eigenvalue weighted by atomic mass is 16.5. The van der Waals surface area contributed by atoms with Crippen molar-refractivity contribution in [3.05, 3.63) is 30.1 Å². The van der Waals surface area contributed by atoms with Crippen LogP contribution in [0, 0.1) is 6.92 Å². The van der Waals surface area contributed by atoms with E-state index in [0.29, 0.717) is 12.6 Å². The number of fused-ring (bicyclic) bond motifs is 1. The second-order valence-electron chi connectivity index (χ2n) is 6.45. The van der Waals surface area contributed by atoms with Crippen molar-refractivity contribution in [1.82, 2.24) is 20.2 Å². The predicted octanol–water partition coefficient (Wildman–Crippen LogP) is 3.32. The van der Waals surface area contributed by atoms with Crippen LogP contribution >= 0.6 is 0 Å². The van der Waals surface area contributed by atoms with Crippen molar-refractivity contribution in [2.75, 3.05) is 25.1 Å². The van der Waals surface area contributed by atoms with Crippen LogP contribution in [0.3, 0.4) is 0 Å². The molecule has 3 aromatic rings. The molecule has 0 bridgehead atoms. The molecule has 1 aliphatic heterocycles. The average molecular weight is 353 g/mol. The van der Waals surface area contributed by atoms with Gasteiger partial charge in [-0.2, -0.15) is 5.10 Å². The Hall–Kier alpha value is -2.67. The Kier molecular flexibility index (Phi) is 4.71. The monoisotopic (exact) mass is 353 g/mol. The van der Waals surface area contributed by atoms with Gasteiger partial charge < -0.3 is 14.8 Å². The molecule has 0 radical (unpaired) electrons. The second-order valence-corrected chi connectivity index (χ2v) is 6.45. The minimum Gasteiger partial charge on any atom is -0.494 e. The minimum absolute atomic E-state index is 0.353. The number of hydrogen-bond acceptors (Lipinski definition) is 6. The summed E-state index contributed by atoms with van der Waals surface area (Å²) >= 11 is 0. The maximum absolute atomic E-state index is 5.60. The van der Waals surface area contributed by atoms with Crippen LogP contribution in [0.4, 0.5) is 5.82 Å². The minimum atomic E-state index is 0.353. The number of anilines is 1. The first kappa shape index (κ1) is 16.8. The first-order chi connectivity index (χ1) is 12.7. The molecule has 0 saturated carbocycles. The lowest BCUT2D eigenvalue weighted by Crippen LogP contribution is -2.28. The number of hydrogen-bond donors (Lipinski definition) is 2. The summed E-state index contributed by atoms with van der Waals surface area (Å²) in [5.41, 5.74) is 3.44. The summed E-state index contributed by atoms with van der Waals surface area (Å²) < 4.78 is 11.1. The molecule has 136 valence electrons. The third-order valence-electron chi connectivity index (χ3n) is 4.52. The highest BCUT2D eigenvalue weighted by molar-refractivity contribution is 6.00. The predicted molar refractivity (Wildman–Crippen MR) is 100 cm³/mol. The van der Waals surface area contributed by atoms with E-state index in [1.54, 1.807) is 6.20 Å². The standard InChI is InChI=1S/C19H23N5O2/c1-3-26-14-4-7-20-16(11-14)18-17-15(23-24-18)10-12(2)21-19(17)22-13-5-8-25-9-6-13/h4,7,10-11,13H,3,5-6,8-9H2,1-2H3,(H,21,22)(H,23,24). The fraction of sp³-hybridized carbons (Fsp3) is 0.421. The summed E-state index contributed by atoms with van der Waals surface area (Å²) in [6.45, 7) is 6.13. The van der Waals surface area contributed by atoms with E-state index in [9.17, 15) is 0 Å². The quantitative estimate of drug-likeness (QED) is 0.732. The van der Waals surface area contributed by atoms with Crippen molar-refractivity contribution < 1.29 is 9.47 Å². The Morgan fingerprint density at radius 3 is 2.96 bits per heavy atom. The third-order valence-corrected chi connectivity index (χ3v) is 4.52. The topological polar surface area (TPSA) is 85.0 Å². The van der Waals surface area contributed by atoms with E-state index >= 15 is 0 Å². The van der Waals surface area contributed by atoms with E-state index in [2.05, 4.69) is 20.5 Å². The Morgan fingerprint density at radius 2 is 2.15 bits per heavy atom. The molecule has 0 unspecified atom stereocenters. The maximum atomic E-state index is 5.60. The normalized spacial score (nSPS) is 15.3. The van der Waals surface area contributed by atoms with Gasteiger partial charge in [-0.25, -0.2) is 4.98 Å². The Morgan fingerprint density at radius 1 is 1.31 bits per heavy atom. The number of pyridine rings is 2. The molecular formula is C19H23N5O2. The molecular weight excluding hydrogens is 330 g/mol. The van der Waals surface area contributed by atoms with Gasteiger partial charge in [-0.15, -0.1) is 0 Å². The number of H-pyrrole nitrogens is 1. The summed E-state index contributed by atoms with van der Waals surface area (Å²) in [7, 11) is 0. The van der Waals surface area contributed by atoms with Gasteiger partial charge in [0, 0.05) is 37.2 Å². The van der Waals surface area contributed by atoms with Crippen molar-refractivity contribution >= 4 is 16.7 Å². The lowest BCUT2D eigenvalue weighted by Gasteiger charge is -2.24. The van der Waals surface area contributed by atoms with Crippen molar-refractivity contribution in [2.45, 2.75) is 32.7 Å². The summed E-state index contributed by atoms with van der Waals surface area (Å²) in [5, 5.41) is 12.2. The number of nitrogens with zero attached hydrogens (tertiary/aromatic N) is 3. The molecule has 3 aromatic heterocycles. The molecule has 0 amide bonds. The van der Waals surface area contributed by atoms with Crippen LogP contribution in [0.2, 0.25) is 0 Å². The molecule has 7 nitrogen and oxygen atoms in total. The summed E-state index contributed by atoms with van der Waals surface area (Å²) in [6.07, 6.45) is 3.69. The maximum Gasteiger partial charge on any atom is 0.138 e. The molecule has 4 heterocycles. The smallest absolute Gasteiger partial charge is 0.138 e. The van der Waals surface area contributed by atoms with Crippen molar-refractivity contribution in [2.24, 2.45) is 0 Å². The third kappa shape index (κ3) is 3.35. The van der Waals surface area contributed by atoms with Crippen LogP contribution in [0.5, 0.6) is 5.75 Å². The Balaban J connectivity index is 1.77. The number of aromatic amines is 1. The van der Waals surface area contributed by atoms with E-state index in [0.717, 1.165) is 65.6 Å². The van der Waals surface area contributed by atoms with Gasteiger partial charge in [0.25, 0.3) is 0 Å². The van der Waals surface area contributed by atoms with Crippen LogP contribution in [0.1, 0.15) is 25.5 Å². The molecule has 4 rings (SSSR count). The van der Waals surface area contributed by atoms with E-state index in [4.69, 9.17) is 14.5 Å². The molecule has 0 spiro atoms. The van der Waals surface area contributed by atoms with Gasteiger partial charge in [-0.05, 0) is 38.8 Å². The second kappa shape index (κ2) is 7.29. The van der Waals surface area contributed by atoms with E-state index in [1.165, 1.54) is 0 Å². The average Bonchev–Trinajstić information content (AvgIpc) is 3.07. The first-order valence-electron chi connectivity index (χ1n) is 9.04. The van der Waals surface area contributed by atoms with Crippen molar-refractivity contribution in [3.8, 4) is 17.1 Å². The molecule has 0 atom stereocenters. The van der Waals surface area contributed by atoms with Gasteiger partial charge in [0.05, 0.1) is 23.2 Å². The molecule has 0 aliphatic carbocycles. The van der Waals surface area contributed by atoms with Crippen molar-refractivity contribution in [3.63, 3.8) is 0 Å². The van der Waals surface area contributed by atoms with E-state index < -0.39 is 0 Å². The first-order valence-corrected chi connectivity index (χ1v) is 9.04. The molecule has 7 heteroatoms. The zero-order chi connectivity index (χ0) is 17.9. The zero-order valence-electron chi connectivity index (χ0n) is 15.1. The van der Waals surface area contributed by atoms with Crippen LogP contribution in [-0.4, -0.2) is 46.0 Å². The van der Waals surface area contributed by atoms with Crippen LogP contribution in [0.15, 0.2) is 24.4 Å². The van der Waals surface area contributed by atoms with E-state index in [-0.39, 0.29) is 0 Å². The lowest BCUT2D eigenvalue weighted by molar-refractivity contribution is 0.0904. The Bertz CT molecular complexity index is 902. The molecule has 1 aliphatic rings. The number of aromatic nitrogens is 4. The SMILES string of the molecule is CCOc1ccnc(-c2n[nH]c3cc(C)nc(NC4CCOCC4)c23)c1. The largest absolute Gasteiger partial charge is 0.494 e. The molecule has 1 fully saturated rings. The number of aryl methyl sites for hydroxylation is 1. The molecule has 1 saturated heterocycles. The molecule has 26 heavy (non-hydrogen) atoms. The van der Waals surface area contributed by atoms with Gasteiger partial charge in [0.1, 0.15) is 17.3 Å². The van der Waals surface area contributed by atoms with Crippen molar-refractivity contribution in [1.29, 1.82) is 0 Å². The van der Waals surface area contributed by atoms with Gasteiger partial charge in [-0.1, -0.05) is 0 Å². The van der Waals surface area contributed by atoms with Gasteiger partial charge in [0.2, 0.25) is 0 Å². The number of rotatable bonds is 5. The molecule has 2 N–H and O–H groups in total. The fourth-order valence-electron chi connectivity index (χ4n) is 3.30. The summed E-state index contributed by atoms with van der Waals surface area (Å²) in [6, 6.07) is 6.13. The van der Waals surface area contributed by atoms with Gasteiger partial charge in [0.15, 0.2) is 0 Å². The summed E-state index contributed by atoms with van der Waals surface area (Å²) in [5.74, 6) is 1.63. The van der Waals surface area contributed by atoms with Gasteiger partial charge >= 0.3 is 0 Å². The number of nitrogens with one attached hydrogen (secondary N) is 2. The highest BCUT2D eigenvalue weighted by Crippen LogP contribution is 2.32. The fourth-order valence-corrected chi connectivity index (χ4v) is 3.30. The van der Waals surface area contributed by atoms with Crippen LogP contribution < -0.4 is 10.1 Å². The van der Waals surface area contributed by atoms with Crippen LogP contribution in [-0.2, 0) is 4.74 Å². The van der Waals surface area contributed by atoms with E-state index in [1.807, 2.05) is 32.0 Å². The highest BCUT2D eigenvalue weighted by Gasteiger charge is 2.20. The number of ether oxygens (including phenoxy) is 2. The zero-order valence-corrected chi connectivity index (χ0v) is 15.1. The van der Waals surface area contributed by atoms with Gasteiger partial charge in [-0.3, -0.25) is 10.1 Å².